The van der Waals surface area contributed by atoms with Crippen LogP contribution in [-0.4, -0.2) is 26.7 Å². The topological polar surface area (TPSA) is 72.5 Å². The monoisotopic (exact) mass is 333 g/mol. The zero-order valence-corrected chi connectivity index (χ0v) is 13.7. The molecule has 0 bridgehead atoms. The Morgan fingerprint density at radius 3 is 2.52 bits per heavy atom. The van der Waals surface area contributed by atoms with Crippen LogP contribution in [0.3, 0.4) is 0 Å². The number of carbonyl (C=O) groups excluding carboxylic acids is 1. The van der Waals surface area contributed by atoms with Crippen molar-refractivity contribution in [3.05, 3.63) is 65.7 Å². The van der Waals surface area contributed by atoms with Gasteiger partial charge in [-0.1, -0.05) is 42.5 Å². The van der Waals surface area contributed by atoms with E-state index in [0.717, 1.165) is 11.1 Å². The van der Waals surface area contributed by atoms with Crippen molar-refractivity contribution in [1.29, 1.82) is 0 Å². The summed E-state index contributed by atoms with van der Waals surface area (Å²) in [6.07, 6.45) is 0.392. The third-order valence-corrected chi connectivity index (χ3v) is 4.49. The molecule has 0 spiro atoms. The fraction of sp³-hybridized carbons (Fsp3) is 0.235. The van der Waals surface area contributed by atoms with Crippen LogP contribution in [0.2, 0.25) is 0 Å². The quantitative estimate of drug-likeness (QED) is 0.622. The number of benzene rings is 2. The number of carbonyl (C=O) groups is 1. The Balaban J connectivity index is 1.80. The molecule has 2 rings (SSSR count). The van der Waals surface area contributed by atoms with Gasteiger partial charge in [-0.05, 0) is 36.6 Å². The number of hydrogen-bond donors (Lipinski definition) is 1. The molecule has 0 aliphatic heterocycles. The molecule has 0 unspecified atom stereocenters. The van der Waals surface area contributed by atoms with Crippen LogP contribution in [0.25, 0.3) is 0 Å². The van der Waals surface area contributed by atoms with Gasteiger partial charge in [-0.15, -0.1) is 0 Å². The summed E-state index contributed by atoms with van der Waals surface area (Å²) in [5, 5.41) is 0. The van der Waals surface area contributed by atoms with E-state index < -0.39 is 16.0 Å². The molecular weight excluding hydrogens is 314 g/mol. The zero-order chi connectivity index (χ0) is 16.7. The number of aryl methyl sites for hydroxylation is 2. The van der Waals surface area contributed by atoms with Crippen molar-refractivity contribution in [3.8, 4) is 5.75 Å². The molecule has 0 aromatic heterocycles. The Kier molecular flexibility index (Phi) is 5.90. The summed E-state index contributed by atoms with van der Waals surface area (Å²) in [4.78, 5) is 11.7. The third kappa shape index (κ3) is 6.22. The number of ether oxygens (including phenoxy) is 1. The van der Waals surface area contributed by atoms with Gasteiger partial charge in [0.25, 0.3) is 0 Å². The van der Waals surface area contributed by atoms with Crippen molar-refractivity contribution in [2.24, 2.45) is 0 Å². The SMILES string of the molecule is Cc1cccc(OC(=O)CNS(=O)(=O)CCc2ccccc2)c1. The van der Waals surface area contributed by atoms with E-state index in [1.165, 1.54) is 0 Å². The molecule has 122 valence electrons. The van der Waals surface area contributed by atoms with Gasteiger partial charge in [0, 0.05) is 0 Å². The van der Waals surface area contributed by atoms with Gasteiger partial charge in [-0.2, -0.15) is 0 Å². The van der Waals surface area contributed by atoms with Crippen LogP contribution >= 0.6 is 0 Å². The maximum Gasteiger partial charge on any atom is 0.326 e. The molecule has 0 aliphatic carbocycles. The predicted molar refractivity (Wildman–Crippen MR) is 88.7 cm³/mol. The van der Waals surface area contributed by atoms with E-state index >= 15 is 0 Å². The van der Waals surface area contributed by atoms with Crippen LogP contribution in [0.15, 0.2) is 54.6 Å². The van der Waals surface area contributed by atoms with E-state index in [1.807, 2.05) is 43.3 Å². The molecule has 23 heavy (non-hydrogen) atoms. The maximum atomic E-state index is 11.9. The van der Waals surface area contributed by atoms with Crippen molar-refractivity contribution in [2.75, 3.05) is 12.3 Å². The van der Waals surface area contributed by atoms with Gasteiger partial charge in [0.15, 0.2) is 0 Å². The molecule has 0 fully saturated rings. The van der Waals surface area contributed by atoms with E-state index in [0.29, 0.717) is 12.2 Å². The Morgan fingerprint density at radius 2 is 1.83 bits per heavy atom. The van der Waals surface area contributed by atoms with Gasteiger partial charge in [0.2, 0.25) is 10.0 Å². The number of hydrogen-bond acceptors (Lipinski definition) is 4. The van der Waals surface area contributed by atoms with Crippen LogP contribution in [0.5, 0.6) is 5.75 Å². The molecule has 2 aromatic carbocycles. The summed E-state index contributed by atoms with van der Waals surface area (Å²) in [5.74, 6) is -0.313. The lowest BCUT2D eigenvalue weighted by molar-refractivity contribution is -0.133. The minimum absolute atomic E-state index is 0.0747. The maximum absolute atomic E-state index is 11.9. The average Bonchev–Trinajstić information content (AvgIpc) is 2.52. The van der Waals surface area contributed by atoms with Crippen molar-refractivity contribution in [2.45, 2.75) is 13.3 Å². The Hall–Kier alpha value is -2.18. The standard InChI is InChI=1S/C17H19NO4S/c1-14-6-5-9-16(12-14)22-17(19)13-18-23(20,21)11-10-15-7-3-2-4-8-15/h2-9,12,18H,10-11,13H2,1H3. The lowest BCUT2D eigenvalue weighted by Crippen LogP contribution is -2.34. The first-order valence-electron chi connectivity index (χ1n) is 7.23. The summed E-state index contributed by atoms with van der Waals surface area (Å²) >= 11 is 0. The van der Waals surface area contributed by atoms with Crippen LogP contribution in [0, 0.1) is 6.92 Å². The van der Waals surface area contributed by atoms with Gasteiger partial charge in [-0.3, -0.25) is 4.79 Å². The highest BCUT2D eigenvalue weighted by molar-refractivity contribution is 7.89. The van der Waals surface area contributed by atoms with E-state index in [2.05, 4.69) is 4.72 Å². The summed E-state index contributed by atoms with van der Waals surface area (Å²) in [7, 11) is -3.53. The van der Waals surface area contributed by atoms with Crippen molar-refractivity contribution in [1.82, 2.24) is 4.72 Å². The zero-order valence-electron chi connectivity index (χ0n) is 12.9. The van der Waals surface area contributed by atoms with Gasteiger partial charge < -0.3 is 4.74 Å². The summed E-state index contributed by atoms with van der Waals surface area (Å²) in [6, 6.07) is 16.3. The molecule has 0 saturated heterocycles. The van der Waals surface area contributed by atoms with Crippen LogP contribution in [-0.2, 0) is 21.2 Å². The molecule has 0 aliphatic rings. The van der Waals surface area contributed by atoms with Crippen molar-refractivity contribution < 1.29 is 17.9 Å². The Labute approximate surface area is 136 Å². The van der Waals surface area contributed by atoms with Gasteiger partial charge in [0.1, 0.15) is 12.3 Å². The van der Waals surface area contributed by atoms with Crippen LogP contribution < -0.4 is 9.46 Å². The fourth-order valence-corrected chi connectivity index (χ4v) is 2.97. The normalized spacial score (nSPS) is 11.2. The Bertz CT molecular complexity index is 757. The van der Waals surface area contributed by atoms with Gasteiger partial charge in [-0.25, -0.2) is 13.1 Å². The van der Waals surface area contributed by atoms with E-state index in [-0.39, 0.29) is 12.3 Å². The average molecular weight is 333 g/mol. The molecule has 0 amide bonds. The highest BCUT2D eigenvalue weighted by Gasteiger charge is 2.13. The van der Waals surface area contributed by atoms with E-state index in [1.54, 1.807) is 18.2 Å². The molecule has 0 atom stereocenters. The van der Waals surface area contributed by atoms with Crippen LogP contribution in [0.4, 0.5) is 0 Å². The molecule has 0 radical (unpaired) electrons. The molecule has 0 saturated carbocycles. The smallest absolute Gasteiger partial charge is 0.326 e. The first-order chi connectivity index (χ1) is 10.9. The summed E-state index contributed by atoms with van der Waals surface area (Å²) in [6.45, 7) is 1.49. The predicted octanol–water partition coefficient (Wildman–Crippen LogP) is 2.06. The minimum Gasteiger partial charge on any atom is -0.426 e. The second-order valence-electron chi connectivity index (χ2n) is 5.17. The fourth-order valence-electron chi connectivity index (χ4n) is 1.98. The first kappa shape index (κ1) is 17.2. The lowest BCUT2D eigenvalue weighted by atomic mass is 10.2. The van der Waals surface area contributed by atoms with E-state index in [4.69, 9.17) is 4.74 Å². The van der Waals surface area contributed by atoms with Gasteiger partial charge >= 0.3 is 5.97 Å². The minimum atomic E-state index is -3.53. The third-order valence-electron chi connectivity index (χ3n) is 3.16. The molecule has 0 heterocycles. The summed E-state index contributed by atoms with van der Waals surface area (Å²) < 4.78 is 31.1. The second kappa shape index (κ2) is 7.89. The Morgan fingerprint density at radius 1 is 1.09 bits per heavy atom. The number of sulfonamides is 1. The number of rotatable bonds is 7. The lowest BCUT2D eigenvalue weighted by Gasteiger charge is -2.07. The molecule has 2 aromatic rings. The highest BCUT2D eigenvalue weighted by atomic mass is 32.2. The largest absolute Gasteiger partial charge is 0.426 e. The number of esters is 1. The second-order valence-corrected chi connectivity index (χ2v) is 7.09. The van der Waals surface area contributed by atoms with Gasteiger partial charge in [0.05, 0.1) is 5.75 Å². The van der Waals surface area contributed by atoms with Crippen LogP contribution in [0.1, 0.15) is 11.1 Å². The first-order valence-corrected chi connectivity index (χ1v) is 8.88. The molecule has 5 nitrogen and oxygen atoms in total. The van der Waals surface area contributed by atoms with Crippen molar-refractivity contribution >= 4 is 16.0 Å². The summed E-state index contributed by atoms with van der Waals surface area (Å²) in [5.41, 5.74) is 1.89. The number of nitrogens with one attached hydrogen (secondary N) is 1. The van der Waals surface area contributed by atoms with Crippen molar-refractivity contribution in [3.63, 3.8) is 0 Å². The molecular formula is C17H19NO4S. The molecule has 1 N–H and O–H groups in total. The highest BCUT2D eigenvalue weighted by Crippen LogP contribution is 2.12. The molecule has 6 heteroatoms. The van der Waals surface area contributed by atoms with E-state index in [9.17, 15) is 13.2 Å².